The predicted octanol–water partition coefficient (Wildman–Crippen LogP) is 11.5. The Morgan fingerprint density at radius 3 is 1.77 bits per heavy atom. The van der Waals surface area contributed by atoms with Gasteiger partial charge < -0.3 is 4.42 Å². The molecule has 0 amide bonds. The van der Waals surface area contributed by atoms with Gasteiger partial charge in [-0.1, -0.05) is 121 Å². The van der Waals surface area contributed by atoms with Crippen LogP contribution < -0.4 is 0 Å². The van der Waals surface area contributed by atoms with Crippen LogP contribution >= 0.6 is 0 Å². The van der Waals surface area contributed by atoms with Gasteiger partial charge in [0, 0.05) is 44.2 Å². The molecule has 12 aromatic rings. The Labute approximate surface area is 319 Å². The normalized spacial score (nSPS) is 11.9. The first-order valence-corrected chi connectivity index (χ1v) is 18.6. The van der Waals surface area contributed by atoms with E-state index < -0.39 is 0 Å². The van der Waals surface area contributed by atoms with E-state index in [9.17, 15) is 0 Å². The first-order chi connectivity index (χ1) is 27.8. The summed E-state index contributed by atoms with van der Waals surface area (Å²) in [5.74, 6) is 2.66. The summed E-state index contributed by atoms with van der Waals surface area (Å²) in [5, 5.41) is 3.00. The van der Waals surface area contributed by atoms with Crippen LogP contribution in [0.25, 0.3) is 106 Å². The average molecular weight is 720 g/mol. The molecule has 0 spiro atoms. The number of fused-ring (bicyclic) bond motifs is 10. The fourth-order valence-electron chi connectivity index (χ4n) is 8.25. The predicted molar refractivity (Wildman–Crippen MR) is 223 cm³/mol. The number of imidazole rings is 2. The van der Waals surface area contributed by atoms with Gasteiger partial charge >= 0.3 is 0 Å². The Bertz CT molecular complexity index is 3410. The van der Waals surface area contributed by atoms with Crippen molar-refractivity contribution in [2.24, 2.45) is 0 Å². The van der Waals surface area contributed by atoms with Crippen LogP contribution in [0.5, 0.6) is 0 Å². The van der Waals surface area contributed by atoms with Gasteiger partial charge in [-0.25, -0.2) is 19.9 Å². The Morgan fingerprint density at radius 1 is 0.411 bits per heavy atom. The lowest BCUT2D eigenvalue weighted by Crippen LogP contribution is -2.00. The topological polar surface area (TPSA) is 79.0 Å². The highest BCUT2D eigenvalue weighted by Gasteiger charge is 2.25. The van der Waals surface area contributed by atoms with Crippen LogP contribution in [0.4, 0.5) is 0 Å². The average Bonchev–Trinajstić information content (AvgIpc) is 4.00. The third-order valence-corrected chi connectivity index (χ3v) is 10.7. The van der Waals surface area contributed by atoms with E-state index >= 15 is 0 Å². The molecule has 0 bridgehead atoms. The van der Waals surface area contributed by atoms with E-state index in [0.29, 0.717) is 17.5 Å². The highest BCUT2D eigenvalue weighted by molar-refractivity contribution is 6.13. The summed E-state index contributed by atoms with van der Waals surface area (Å²) >= 11 is 0. The molecule has 8 heteroatoms. The van der Waals surface area contributed by atoms with Crippen molar-refractivity contribution in [3.8, 4) is 45.5 Å². The van der Waals surface area contributed by atoms with Crippen LogP contribution in [0.1, 0.15) is 0 Å². The van der Waals surface area contributed by atoms with Crippen molar-refractivity contribution in [2.75, 3.05) is 0 Å². The fraction of sp³-hybridized carbons (Fsp3) is 0. The monoisotopic (exact) mass is 719 g/mol. The van der Waals surface area contributed by atoms with Crippen molar-refractivity contribution in [3.63, 3.8) is 0 Å². The van der Waals surface area contributed by atoms with Gasteiger partial charge in [0.05, 0.1) is 16.6 Å². The molecular weight excluding hydrogens is 691 g/mol. The minimum Gasteiger partial charge on any atom is -0.456 e. The van der Waals surface area contributed by atoms with Crippen LogP contribution in [0.15, 0.2) is 180 Å². The Balaban J connectivity index is 1.13. The van der Waals surface area contributed by atoms with E-state index in [0.717, 1.165) is 88.9 Å². The number of furan rings is 1. The molecule has 0 aliphatic rings. The SMILES string of the molecule is c1ccc(-c2nc(-c3ccccc3)nc(-c3cccc4oc5ccc(-n6c7ccccc7c7nc8n(-c9ccccc9)c9ccccc9n8c76)cc5c34)n2)cc1. The number of rotatable bonds is 5. The smallest absolute Gasteiger partial charge is 0.221 e. The molecule has 5 heterocycles. The molecule has 0 aliphatic carbocycles. The molecule has 262 valence electrons. The van der Waals surface area contributed by atoms with Crippen LogP contribution in [0, 0.1) is 0 Å². The summed E-state index contributed by atoms with van der Waals surface area (Å²) < 4.78 is 13.4. The van der Waals surface area contributed by atoms with Gasteiger partial charge in [0.1, 0.15) is 16.7 Å². The molecule has 7 aromatic carbocycles. The summed E-state index contributed by atoms with van der Waals surface area (Å²) in [7, 11) is 0. The van der Waals surface area contributed by atoms with E-state index in [1.54, 1.807) is 0 Å². The van der Waals surface area contributed by atoms with E-state index in [1.165, 1.54) is 0 Å². The zero-order chi connectivity index (χ0) is 36.7. The molecule has 0 fully saturated rings. The summed E-state index contributed by atoms with van der Waals surface area (Å²) in [4.78, 5) is 20.5. The molecule has 8 nitrogen and oxygen atoms in total. The van der Waals surface area contributed by atoms with Gasteiger partial charge in [-0.05, 0) is 54.6 Å². The van der Waals surface area contributed by atoms with Crippen LogP contribution in [0.2, 0.25) is 0 Å². The van der Waals surface area contributed by atoms with Gasteiger partial charge in [0.15, 0.2) is 23.1 Å². The third kappa shape index (κ3) is 4.47. The molecule has 56 heavy (non-hydrogen) atoms. The molecular formula is C48H29N7O. The summed E-state index contributed by atoms with van der Waals surface area (Å²) in [6.45, 7) is 0. The molecule has 0 aliphatic heterocycles. The fourth-order valence-corrected chi connectivity index (χ4v) is 8.25. The molecule has 0 atom stereocenters. The van der Waals surface area contributed by atoms with Gasteiger partial charge in [0.2, 0.25) is 5.78 Å². The van der Waals surface area contributed by atoms with Gasteiger partial charge in [-0.2, -0.15) is 0 Å². The largest absolute Gasteiger partial charge is 0.456 e. The Morgan fingerprint density at radius 2 is 1.04 bits per heavy atom. The van der Waals surface area contributed by atoms with Crippen molar-refractivity contribution in [3.05, 3.63) is 176 Å². The number of benzene rings is 7. The number of nitrogens with zero attached hydrogens (tertiary/aromatic N) is 7. The number of hydrogen-bond acceptors (Lipinski definition) is 5. The molecule has 0 radical (unpaired) electrons. The minimum absolute atomic E-state index is 0.580. The third-order valence-electron chi connectivity index (χ3n) is 10.7. The molecule has 0 saturated heterocycles. The summed E-state index contributed by atoms with van der Waals surface area (Å²) in [6.07, 6.45) is 0. The second kappa shape index (κ2) is 11.8. The standard InChI is InChI=1S/C48H29N7O/c1-4-15-30(16-5-1)44-50-45(31-17-6-2-7-18-31)52-46(51-44)35-22-14-26-41-42(35)36-29-33(27-28-40(36)56-41)53-37-23-11-10-21-34(37)43-47(53)55-39-25-13-12-24-38(39)54(48(55)49-43)32-19-8-3-9-20-32/h1-29H. The number of para-hydroxylation sites is 4. The minimum atomic E-state index is 0.580. The van der Waals surface area contributed by atoms with Crippen LogP contribution in [-0.4, -0.2) is 33.5 Å². The molecule has 5 aromatic heterocycles. The van der Waals surface area contributed by atoms with E-state index in [4.69, 9.17) is 24.4 Å². The Kier molecular flexibility index (Phi) is 6.47. The number of aromatic nitrogens is 7. The summed E-state index contributed by atoms with van der Waals surface area (Å²) in [5.41, 5.74) is 11.5. The second-order valence-corrected chi connectivity index (χ2v) is 13.9. The van der Waals surface area contributed by atoms with Crippen LogP contribution in [0.3, 0.4) is 0 Å². The zero-order valence-electron chi connectivity index (χ0n) is 29.8. The van der Waals surface area contributed by atoms with Crippen molar-refractivity contribution in [1.29, 1.82) is 0 Å². The number of hydrogen-bond donors (Lipinski definition) is 0. The first-order valence-electron chi connectivity index (χ1n) is 18.6. The maximum absolute atomic E-state index is 6.56. The van der Waals surface area contributed by atoms with Gasteiger partial charge in [-0.15, -0.1) is 0 Å². The highest BCUT2D eigenvalue weighted by atomic mass is 16.3. The van der Waals surface area contributed by atoms with Crippen molar-refractivity contribution < 1.29 is 4.42 Å². The lowest BCUT2D eigenvalue weighted by Gasteiger charge is -2.10. The quantitative estimate of drug-likeness (QED) is 0.177. The lowest BCUT2D eigenvalue weighted by atomic mass is 10.0. The van der Waals surface area contributed by atoms with E-state index in [2.05, 4.69) is 111 Å². The highest BCUT2D eigenvalue weighted by Crippen LogP contribution is 2.40. The Hall–Kier alpha value is -7.84. The van der Waals surface area contributed by atoms with Gasteiger partial charge in [0.25, 0.3) is 0 Å². The van der Waals surface area contributed by atoms with Crippen molar-refractivity contribution in [2.45, 2.75) is 0 Å². The van der Waals surface area contributed by atoms with Gasteiger partial charge in [-0.3, -0.25) is 13.5 Å². The molecule has 0 unspecified atom stereocenters. The zero-order valence-corrected chi connectivity index (χ0v) is 29.8. The maximum Gasteiger partial charge on any atom is 0.221 e. The lowest BCUT2D eigenvalue weighted by molar-refractivity contribution is 0.669. The second-order valence-electron chi connectivity index (χ2n) is 13.9. The molecule has 0 saturated carbocycles. The molecule has 0 N–H and O–H groups in total. The maximum atomic E-state index is 6.56. The van der Waals surface area contributed by atoms with Crippen molar-refractivity contribution in [1.82, 2.24) is 33.5 Å². The summed E-state index contributed by atoms with van der Waals surface area (Å²) in [6, 6.07) is 60.1. The van der Waals surface area contributed by atoms with Crippen LogP contribution in [-0.2, 0) is 0 Å². The van der Waals surface area contributed by atoms with E-state index in [-0.39, 0.29) is 0 Å². The first kappa shape index (κ1) is 30.6. The molecule has 12 rings (SSSR count). The van der Waals surface area contributed by atoms with Crippen molar-refractivity contribution >= 4 is 60.8 Å². The van der Waals surface area contributed by atoms with E-state index in [1.807, 2.05) is 78.9 Å².